The first-order valence-corrected chi connectivity index (χ1v) is 13.5. The first-order valence-electron chi connectivity index (χ1n) is 12.7. The van der Waals surface area contributed by atoms with Crippen molar-refractivity contribution in [2.24, 2.45) is 0 Å². The van der Waals surface area contributed by atoms with Crippen LogP contribution in [0.1, 0.15) is 25.7 Å². The Morgan fingerprint density at radius 1 is 1.11 bits per heavy atom. The lowest BCUT2D eigenvalue weighted by molar-refractivity contribution is 0.00791. The summed E-state index contributed by atoms with van der Waals surface area (Å²) in [7, 11) is 0. The standard InChI is InChI=1S/C25H34BrN7O3/c26-18-1-6-23-22(15-18)24(28-19-2-4-21(5-3-19)32-7-11-35-12-8-32)31-25(30-23)29-20-16-27-33(17-20)9-13-36-14-10-34/h1,6,15-17,19,21,34H,2-5,7-14H2,(H2,28,29,30,31). The van der Waals surface area contributed by atoms with E-state index in [2.05, 4.69) is 42.6 Å². The van der Waals surface area contributed by atoms with Gasteiger partial charge in [0.15, 0.2) is 0 Å². The van der Waals surface area contributed by atoms with Gasteiger partial charge < -0.3 is 25.2 Å². The van der Waals surface area contributed by atoms with Gasteiger partial charge in [-0.25, -0.2) is 4.98 Å². The maximum atomic E-state index is 8.83. The smallest absolute Gasteiger partial charge is 0.229 e. The number of fused-ring (bicyclic) bond motifs is 1. The largest absolute Gasteiger partial charge is 0.394 e. The molecule has 0 bridgehead atoms. The fraction of sp³-hybridized carbons (Fsp3) is 0.560. The van der Waals surface area contributed by atoms with Gasteiger partial charge in [-0.05, 0) is 43.9 Å². The van der Waals surface area contributed by atoms with Crippen molar-refractivity contribution in [2.45, 2.75) is 44.3 Å². The summed E-state index contributed by atoms with van der Waals surface area (Å²) in [6, 6.07) is 7.13. The van der Waals surface area contributed by atoms with Crippen molar-refractivity contribution in [3.05, 3.63) is 35.1 Å². The van der Waals surface area contributed by atoms with Crippen LogP contribution in [0.2, 0.25) is 0 Å². The second-order valence-corrected chi connectivity index (χ2v) is 10.2. The van der Waals surface area contributed by atoms with E-state index in [0.717, 1.165) is 66.0 Å². The van der Waals surface area contributed by atoms with Crippen LogP contribution in [0.4, 0.5) is 17.5 Å². The highest BCUT2D eigenvalue weighted by atomic mass is 79.9. The third kappa shape index (κ3) is 6.51. The van der Waals surface area contributed by atoms with E-state index in [-0.39, 0.29) is 6.61 Å². The topological polar surface area (TPSA) is 110 Å². The Morgan fingerprint density at radius 3 is 2.75 bits per heavy atom. The van der Waals surface area contributed by atoms with Gasteiger partial charge in [-0.1, -0.05) is 15.9 Å². The molecule has 0 radical (unpaired) electrons. The molecule has 36 heavy (non-hydrogen) atoms. The lowest BCUT2D eigenvalue weighted by Crippen LogP contribution is -2.46. The van der Waals surface area contributed by atoms with Gasteiger partial charge in [-0.2, -0.15) is 10.1 Å². The molecule has 11 heteroatoms. The van der Waals surface area contributed by atoms with Crippen molar-refractivity contribution in [1.82, 2.24) is 24.6 Å². The third-order valence-corrected chi connectivity index (χ3v) is 7.34. The van der Waals surface area contributed by atoms with Crippen LogP contribution >= 0.6 is 15.9 Å². The molecule has 2 fully saturated rings. The number of nitrogens with one attached hydrogen (secondary N) is 2. The molecule has 1 saturated heterocycles. The minimum Gasteiger partial charge on any atom is -0.394 e. The molecule has 0 amide bonds. The molecule has 3 N–H and O–H groups in total. The summed E-state index contributed by atoms with van der Waals surface area (Å²) in [6.07, 6.45) is 8.27. The van der Waals surface area contributed by atoms with Crippen LogP contribution in [0.3, 0.4) is 0 Å². The molecule has 1 aromatic carbocycles. The zero-order chi connectivity index (χ0) is 24.7. The average Bonchev–Trinajstić information content (AvgIpc) is 3.35. The second kappa shape index (κ2) is 12.3. The van der Waals surface area contributed by atoms with E-state index in [1.807, 2.05) is 18.3 Å². The van der Waals surface area contributed by atoms with Crippen molar-refractivity contribution < 1.29 is 14.6 Å². The maximum absolute atomic E-state index is 8.83. The predicted octanol–water partition coefficient (Wildman–Crippen LogP) is 3.40. The van der Waals surface area contributed by atoms with Gasteiger partial charge in [0.25, 0.3) is 0 Å². The first kappa shape index (κ1) is 25.3. The number of hydrogen-bond acceptors (Lipinski definition) is 9. The number of halogens is 1. The fourth-order valence-corrected chi connectivity index (χ4v) is 5.35. The Hall–Kier alpha value is -2.31. The molecule has 0 atom stereocenters. The van der Waals surface area contributed by atoms with Gasteiger partial charge in [-0.3, -0.25) is 9.58 Å². The highest BCUT2D eigenvalue weighted by Crippen LogP contribution is 2.30. The van der Waals surface area contributed by atoms with Crippen molar-refractivity contribution in [3.8, 4) is 0 Å². The molecule has 10 nitrogen and oxygen atoms in total. The lowest BCUT2D eigenvalue weighted by atomic mass is 9.90. The second-order valence-electron chi connectivity index (χ2n) is 9.31. The van der Waals surface area contributed by atoms with Crippen molar-refractivity contribution >= 4 is 44.3 Å². The van der Waals surface area contributed by atoms with Crippen LogP contribution in [0, 0.1) is 0 Å². The molecular formula is C25H34BrN7O3. The summed E-state index contributed by atoms with van der Waals surface area (Å²) in [6.45, 7) is 5.26. The van der Waals surface area contributed by atoms with Gasteiger partial charge in [0.05, 0.1) is 57.0 Å². The number of ether oxygens (including phenoxy) is 2. The van der Waals surface area contributed by atoms with E-state index in [1.165, 1.54) is 12.8 Å². The first-order chi connectivity index (χ1) is 17.7. The van der Waals surface area contributed by atoms with Crippen LogP contribution in [-0.4, -0.2) is 88.0 Å². The van der Waals surface area contributed by atoms with E-state index in [4.69, 9.17) is 24.5 Å². The van der Waals surface area contributed by atoms with Gasteiger partial charge in [0, 0.05) is 41.2 Å². The summed E-state index contributed by atoms with van der Waals surface area (Å²) in [4.78, 5) is 12.2. The van der Waals surface area contributed by atoms with Crippen LogP contribution < -0.4 is 10.6 Å². The molecule has 0 spiro atoms. The van der Waals surface area contributed by atoms with Crippen molar-refractivity contribution in [2.75, 3.05) is 56.8 Å². The van der Waals surface area contributed by atoms with E-state index < -0.39 is 0 Å². The quantitative estimate of drug-likeness (QED) is 0.322. The highest BCUT2D eigenvalue weighted by Gasteiger charge is 2.27. The molecular weight excluding hydrogens is 526 g/mol. The predicted molar refractivity (Wildman–Crippen MR) is 143 cm³/mol. The average molecular weight is 560 g/mol. The number of aromatic nitrogens is 4. The molecule has 0 unspecified atom stereocenters. The molecule has 1 aliphatic carbocycles. The summed E-state index contributed by atoms with van der Waals surface area (Å²) in [5, 5.41) is 21.2. The number of morpholine rings is 1. The van der Waals surface area contributed by atoms with Crippen molar-refractivity contribution in [1.29, 1.82) is 0 Å². The minimum absolute atomic E-state index is 0.0213. The molecule has 2 aliphatic rings. The number of nitrogens with zero attached hydrogens (tertiary/aromatic N) is 5. The van der Waals surface area contributed by atoms with E-state index in [0.29, 0.717) is 37.8 Å². The summed E-state index contributed by atoms with van der Waals surface area (Å²) in [5.41, 5.74) is 1.69. The van der Waals surface area contributed by atoms with Gasteiger partial charge in [0.2, 0.25) is 5.95 Å². The highest BCUT2D eigenvalue weighted by molar-refractivity contribution is 9.10. The summed E-state index contributed by atoms with van der Waals surface area (Å²) >= 11 is 3.60. The number of aliphatic hydroxyl groups excluding tert-OH is 1. The monoisotopic (exact) mass is 559 g/mol. The lowest BCUT2D eigenvalue weighted by Gasteiger charge is -2.39. The molecule has 3 heterocycles. The third-order valence-electron chi connectivity index (χ3n) is 6.85. The number of rotatable bonds is 10. The minimum atomic E-state index is 0.0213. The van der Waals surface area contributed by atoms with Gasteiger partial charge >= 0.3 is 0 Å². The fourth-order valence-electron chi connectivity index (χ4n) is 4.99. The van der Waals surface area contributed by atoms with Crippen LogP contribution in [0.25, 0.3) is 10.9 Å². The zero-order valence-electron chi connectivity index (χ0n) is 20.4. The number of aliphatic hydroxyl groups is 1. The molecule has 3 aromatic rings. The normalized spacial score (nSPS) is 21.1. The Labute approximate surface area is 219 Å². The van der Waals surface area contributed by atoms with E-state index >= 15 is 0 Å². The molecule has 1 aliphatic heterocycles. The maximum Gasteiger partial charge on any atom is 0.229 e. The van der Waals surface area contributed by atoms with Gasteiger partial charge in [-0.15, -0.1) is 0 Å². The molecule has 194 valence electrons. The Balaban J connectivity index is 1.26. The summed E-state index contributed by atoms with van der Waals surface area (Å²) < 4.78 is 13.6. The summed E-state index contributed by atoms with van der Waals surface area (Å²) in [5.74, 6) is 1.38. The van der Waals surface area contributed by atoms with Crippen LogP contribution in [0.5, 0.6) is 0 Å². The number of hydrogen-bond donors (Lipinski definition) is 3. The Bertz CT molecular complexity index is 1130. The zero-order valence-corrected chi connectivity index (χ0v) is 22.0. The van der Waals surface area contributed by atoms with Crippen LogP contribution in [-0.2, 0) is 16.0 Å². The van der Waals surface area contributed by atoms with Crippen molar-refractivity contribution in [3.63, 3.8) is 0 Å². The SMILES string of the molecule is OCCOCCn1cc(Nc2nc(NC3CCC(N4CCOCC4)CC3)c3cc(Br)ccc3n2)cn1. The molecule has 1 saturated carbocycles. The number of benzene rings is 1. The van der Waals surface area contributed by atoms with Gasteiger partial charge in [0.1, 0.15) is 5.82 Å². The number of anilines is 3. The Kier molecular flexibility index (Phi) is 8.65. The van der Waals surface area contributed by atoms with E-state index in [9.17, 15) is 0 Å². The molecule has 2 aromatic heterocycles. The Morgan fingerprint density at radius 2 is 1.94 bits per heavy atom. The molecule has 5 rings (SSSR count). The van der Waals surface area contributed by atoms with E-state index in [1.54, 1.807) is 10.9 Å². The van der Waals surface area contributed by atoms with Crippen LogP contribution in [0.15, 0.2) is 35.1 Å².